The molecule has 0 radical (unpaired) electrons. The first-order valence-electron chi connectivity index (χ1n) is 7.91. The van der Waals surface area contributed by atoms with E-state index in [0.29, 0.717) is 31.2 Å². The molecule has 1 saturated carbocycles. The van der Waals surface area contributed by atoms with E-state index in [2.05, 4.69) is 5.32 Å². The number of rotatable bonds is 6. The average molecular weight is 290 g/mol. The standard InChI is InChI=1S/C17H26N2O2/c18-16-8-4-3-5-13(16)9-10-17(21)19-11-14-6-1-2-7-15(14)12-20/h3-5,8,14-15,20H,1-2,6-7,9-12,18H2,(H,19,21). The van der Waals surface area contributed by atoms with Crippen molar-refractivity contribution in [3.8, 4) is 0 Å². The Morgan fingerprint density at radius 2 is 1.95 bits per heavy atom. The molecule has 0 heterocycles. The highest BCUT2D eigenvalue weighted by Crippen LogP contribution is 2.29. The zero-order chi connectivity index (χ0) is 15.1. The van der Waals surface area contributed by atoms with E-state index in [9.17, 15) is 9.90 Å². The molecule has 4 heteroatoms. The van der Waals surface area contributed by atoms with E-state index < -0.39 is 0 Å². The van der Waals surface area contributed by atoms with Crippen molar-refractivity contribution < 1.29 is 9.90 Å². The number of aliphatic hydroxyl groups is 1. The summed E-state index contributed by atoms with van der Waals surface area (Å²) in [7, 11) is 0. The number of aliphatic hydroxyl groups excluding tert-OH is 1. The Hall–Kier alpha value is -1.55. The molecule has 1 amide bonds. The molecule has 21 heavy (non-hydrogen) atoms. The van der Waals surface area contributed by atoms with Gasteiger partial charge in [-0.15, -0.1) is 0 Å². The predicted octanol–water partition coefficient (Wildman–Crippen LogP) is 2.12. The molecule has 1 aliphatic rings. The molecule has 4 nitrogen and oxygen atoms in total. The van der Waals surface area contributed by atoms with Crippen molar-refractivity contribution in [1.82, 2.24) is 5.32 Å². The zero-order valence-electron chi connectivity index (χ0n) is 12.6. The van der Waals surface area contributed by atoms with Crippen molar-refractivity contribution in [3.05, 3.63) is 29.8 Å². The van der Waals surface area contributed by atoms with Gasteiger partial charge in [0.2, 0.25) is 5.91 Å². The van der Waals surface area contributed by atoms with E-state index in [0.717, 1.165) is 24.1 Å². The number of hydrogen-bond acceptors (Lipinski definition) is 3. The van der Waals surface area contributed by atoms with Gasteiger partial charge < -0.3 is 16.2 Å². The Bertz CT molecular complexity index is 462. The van der Waals surface area contributed by atoms with Gasteiger partial charge in [0.15, 0.2) is 0 Å². The van der Waals surface area contributed by atoms with E-state index in [1.807, 2.05) is 24.3 Å². The van der Waals surface area contributed by atoms with Gasteiger partial charge in [-0.25, -0.2) is 0 Å². The van der Waals surface area contributed by atoms with Gasteiger partial charge in [0.1, 0.15) is 0 Å². The van der Waals surface area contributed by atoms with Crippen LogP contribution in [0.1, 0.15) is 37.7 Å². The number of aryl methyl sites for hydroxylation is 1. The largest absolute Gasteiger partial charge is 0.399 e. The molecule has 0 saturated heterocycles. The first-order chi connectivity index (χ1) is 10.2. The van der Waals surface area contributed by atoms with Crippen LogP contribution in [0.25, 0.3) is 0 Å². The minimum atomic E-state index is 0.0699. The molecule has 4 N–H and O–H groups in total. The number of benzene rings is 1. The normalized spacial score (nSPS) is 22.0. The van der Waals surface area contributed by atoms with Crippen LogP contribution in [0.2, 0.25) is 0 Å². The third-order valence-electron chi connectivity index (χ3n) is 4.54. The second-order valence-electron chi connectivity index (χ2n) is 5.99. The smallest absolute Gasteiger partial charge is 0.220 e. The molecule has 1 aromatic rings. The number of nitrogens with two attached hydrogens (primary N) is 1. The van der Waals surface area contributed by atoms with Gasteiger partial charge in [-0.3, -0.25) is 4.79 Å². The zero-order valence-corrected chi connectivity index (χ0v) is 12.6. The lowest BCUT2D eigenvalue weighted by molar-refractivity contribution is -0.121. The number of anilines is 1. The summed E-state index contributed by atoms with van der Waals surface area (Å²) in [6.45, 7) is 0.926. The highest BCUT2D eigenvalue weighted by Gasteiger charge is 2.24. The van der Waals surface area contributed by atoms with E-state index in [-0.39, 0.29) is 12.5 Å². The number of nitrogen functional groups attached to an aromatic ring is 1. The SMILES string of the molecule is Nc1ccccc1CCC(=O)NCC1CCCCC1CO. The predicted molar refractivity (Wildman–Crippen MR) is 84.7 cm³/mol. The molecule has 2 atom stereocenters. The Morgan fingerprint density at radius 1 is 1.24 bits per heavy atom. The Kier molecular flexibility index (Phi) is 6.05. The van der Waals surface area contributed by atoms with Crippen LogP contribution < -0.4 is 11.1 Å². The summed E-state index contributed by atoms with van der Waals surface area (Å²) in [5.74, 6) is 0.846. The molecular formula is C17H26N2O2. The third-order valence-corrected chi connectivity index (χ3v) is 4.54. The van der Waals surface area contributed by atoms with Crippen molar-refractivity contribution in [3.63, 3.8) is 0 Å². The second kappa shape index (κ2) is 8.03. The molecule has 0 spiro atoms. The fraction of sp³-hybridized carbons (Fsp3) is 0.588. The van der Waals surface area contributed by atoms with Crippen molar-refractivity contribution in [2.75, 3.05) is 18.9 Å². The van der Waals surface area contributed by atoms with Gasteiger partial charge in [-0.05, 0) is 42.7 Å². The number of nitrogens with one attached hydrogen (secondary N) is 1. The maximum absolute atomic E-state index is 12.0. The summed E-state index contributed by atoms with van der Waals surface area (Å²) in [6.07, 6.45) is 5.73. The van der Waals surface area contributed by atoms with E-state index in [1.54, 1.807) is 0 Å². The van der Waals surface area contributed by atoms with Crippen LogP contribution in [0.3, 0.4) is 0 Å². The quantitative estimate of drug-likeness (QED) is 0.702. The van der Waals surface area contributed by atoms with E-state index >= 15 is 0 Å². The summed E-state index contributed by atoms with van der Waals surface area (Å²) >= 11 is 0. The summed E-state index contributed by atoms with van der Waals surface area (Å²) in [6, 6.07) is 7.67. The lowest BCUT2D eigenvalue weighted by atomic mass is 9.79. The maximum Gasteiger partial charge on any atom is 0.220 e. The minimum Gasteiger partial charge on any atom is -0.399 e. The fourth-order valence-corrected chi connectivity index (χ4v) is 3.14. The number of carbonyl (C=O) groups is 1. The molecule has 0 bridgehead atoms. The van der Waals surface area contributed by atoms with Gasteiger partial charge in [0.25, 0.3) is 0 Å². The molecule has 1 fully saturated rings. The fourth-order valence-electron chi connectivity index (χ4n) is 3.14. The molecule has 2 unspecified atom stereocenters. The van der Waals surface area contributed by atoms with Crippen LogP contribution in [0.5, 0.6) is 0 Å². The number of para-hydroxylation sites is 1. The summed E-state index contributed by atoms with van der Waals surface area (Å²) in [5.41, 5.74) is 7.65. The van der Waals surface area contributed by atoms with Crippen molar-refractivity contribution in [1.29, 1.82) is 0 Å². The molecule has 2 rings (SSSR count). The van der Waals surface area contributed by atoms with Crippen molar-refractivity contribution >= 4 is 11.6 Å². The Labute approximate surface area is 126 Å². The van der Waals surface area contributed by atoms with Crippen LogP contribution in [-0.4, -0.2) is 24.2 Å². The highest BCUT2D eigenvalue weighted by atomic mass is 16.3. The van der Waals surface area contributed by atoms with Crippen molar-refractivity contribution in [2.45, 2.75) is 38.5 Å². The minimum absolute atomic E-state index is 0.0699. The van der Waals surface area contributed by atoms with Gasteiger partial charge in [-0.1, -0.05) is 31.0 Å². The monoisotopic (exact) mass is 290 g/mol. The number of carbonyl (C=O) groups excluding carboxylic acids is 1. The first kappa shape index (κ1) is 15.8. The van der Waals surface area contributed by atoms with Crippen LogP contribution in [-0.2, 0) is 11.2 Å². The topological polar surface area (TPSA) is 75.4 Å². The molecule has 1 aliphatic carbocycles. The number of amides is 1. The highest BCUT2D eigenvalue weighted by molar-refractivity contribution is 5.76. The van der Waals surface area contributed by atoms with Gasteiger partial charge in [-0.2, -0.15) is 0 Å². The van der Waals surface area contributed by atoms with E-state index in [1.165, 1.54) is 12.8 Å². The van der Waals surface area contributed by atoms with Gasteiger partial charge in [0.05, 0.1) is 0 Å². The van der Waals surface area contributed by atoms with Gasteiger partial charge in [0, 0.05) is 25.3 Å². The molecule has 116 valence electrons. The van der Waals surface area contributed by atoms with Crippen LogP contribution in [0.4, 0.5) is 5.69 Å². The molecule has 0 aliphatic heterocycles. The average Bonchev–Trinajstić information content (AvgIpc) is 2.52. The third kappa shape index (κ3) is 4.74. The number of hydrogen-bond donors (Lipinski definition) is 3. The van der Waals surface area contributed by atoms with E-state index in [4.69, 9.17) is 5.73 Å². The summed E-state index contributed by atoms with van der Waals surface area (Å²) in [4.78, 5) is 12.0. The van der Waals surface area contributed by atoms with Crippen LogP contribution in [0, 0.1) is 11.8 Å². The molecule has 1 aromatic carbocycles. The van der Waals surface area contributed by atoms with Crippen molar-refractivity contribution in [2.24, 2.45) is 11.8 Å². The first-order valence-corrected chi connectivity index (χ1v) is 7.91. The molecule has 0 aromatic heterocycles. The summed E-state index contributed by atoms with van der Waals surface area (Å²) < 4.78 is 0. The van der Waals surface area contributed by atoms with Gasteiger partial charge >= 0.3 is 0 Å². The van der Waals surface area contributed by atoms with Crippen LogP contribution >= 0.6 is 0 Å². The molecular weight excluding hydrogens is 264 g/mol. The Morgan fingerprint density at radius 3 is 2.67 bits per heavy atom. The maximum atomic E-state index is 12.0. The van der Waals surface area contributed by atoms with Crippen LogP contribution in [0.15, 0.2) is 24.3 Å². The summed E-state index contributed by atoms with van der Waals surface area (Å²) in [5, 5.41) is 12.4. The lowest BCUT2D eigenvalue weighted by Gasteiger charge is -2.30. The Balaban J connectivity index is 1.73. The lowest BCUT2D eigenvalue weighted by Crippen LogP contribution is -2.35. The second-order valence-corrected chi connectivity index (χ2v) is 5.99.